The number of hydrogen-bond acceptors (Lipinski definition) is 4. The lowest BCUT2D eigenvalue weighted by Crippen LogP contribution is -2.37. The third-order valence-electron chi connectivity index (χ3n) is 4.32. The first-order valence-electron chi connectivity index (χ1n) is 9.07. The maximum Gasteiger partial charge on any atom is 0.512 e. The first-order valence-corrected chi connectivity index (χ1v) is 10.6. The van der Waals surface area contributed by atoms with Gasteiger partial charge in [-0.3, -0.25) is 4.79 Å². The molecular weight excluding hydrogens is 445 g/mol. The van der Waals surface area contributed by atoms with Gasteiger partial charge < -0.3 is 14.7 Å². The van der Waals surface area contributed by atoms with Gasteiger partial charge in [0.1, 0.15) is 0 Å². The fourth-order valence-corrected chi connectivity index (χ4v) is 4.52. The number of nitrogens with zero attached hydrogens (tertiary/aromatic N) is 1. The van der Waals surface area contributed by atoms with Crippen LogP contribution >= 0.6 is 34.5 Å². The molecule has 5 nitrogen and oxygen atoms in total. The molecule has 0 aliphatic rings. The highest BCUT2D eigenvalue weighted by Gasteiger charge is 2.28. The summed E-state index contributed by atoms with van der Waals surface area (Å²) in [6.07, 6.45) is -1.45. The van der Waals surface area contributed by atoms with Gasteiger partial charge in [-0.25, -0.2) is 4.79 Å². The summed E-state index contributed by atoms with van der Waals surface area (Å²) in [7, 11) is 0. The highest BCUT2D eigenvalue weighted by Crippen LogP contribution is 2.44. The summed E-state index contributed by atoms with van der Waals surface area (Å²) in [5.41, 5.74) is 2.60. The molecule has 3 aromatic rings. The van der Waals surface area contributed by atoms with Crippen molar-refractivity contribution in [2.75, 3.05) is 4.90 Å². The standard InChI is InChI=1S/C22H19Cl2NO4S/c1-12(2)25(20(26)16-8-7-15(23)10-17(16)24)18-11-19(30-21(18)29-22(27)28)14-6-4-5-13(3)9-14/h4-12H,1-3H3,(H,27,28). The third kappa shape index (κ3) is 4.78. The number of carbonyl (C=O) groups is 2. The van der Waals surface area contributed by atoms with E-state index in [2.05, 4.69) is 0 Å². The molecule has 8 heteroatoms. The van der Waals surface area contributed by atoms with Crippen molar-refractivity contribution in [3.8, 4) is 15.5 Å². The molecule has 0 radical (unpaired) electrons. The highest BCUT2D eigenvalue weighted by molar-refractivity contribution is 7.18. The lowest BCUT2D eigenvalue weighted by atomic mass is 10.1. The summed E-state index contributed by atoms with van der Waals surface area (Å²) in [6.45, 7) is 5.63. The molecule has 0 atom stereocenters. The molecule has 1 heterocycles. The largest absolute Gasteiger partial charge is 0.512 e. The van der Waals surface area contributed by atoms with Crippen molar-refractivity contribution in [3.05, 3.63) is 69.7 Å². The number of rotatable bonds is 5. The Labute approximate surface area is 188 Å². The van der Waals surface area contributed by atoms with Gasteiger partial charge in [-0.1, -0.05) is 64.4 Å². The van der Waals surface area contributed by atoms with Crippen molar-refractivity contribution < 1.29 is 19.4 Å². The van der Waals surface area contributed by atoms with E-state index in [0.29, 0.717) is 10.7 Å². The average molecular weight is 464 g/mol. The summed E-state index contributed by atoms with van der Waals surface area (Å²) < 4.78 is 5.03. The smallest absolute Gasteiger partial charge is 0.449 e. The van der Waals surface area contributed by atoms with E-state index < -0.39 is 6.16 Å². The summed E-state index contributed by atoms with van der Waals surface area (Å²) in [4.78, 5) is 26.9. The minimum atomic E-state index is -1.45. The van der Waals surface area contributed by atoms with Gasteiger partial charge in [0.15, 0.2) is 0 Å². The van der Waals surface area contributed by atoms with Crippen LogP contribution in [0.5, 0.6) is 5.06 Å². The van der Waals surface area contributed by atoms with E-state index in [9.17, 15) is 14.7 Å². The summed E-state index contributed by atoms with van der Waals surface area (Å²) >= 11 is 13.4. The molecule has 0 bridgehead atoms. The Morgan fingerprint density at radius 3 is 2.43 bits per heavy atom. The molecule has 2 aromatic carbocycles. The Morgan fingerprint density at radius 1 is 1.10 bits per heavy atom. The first kappa shape index (κ1) is 22.2. The van der Waals surface area contributed by atoms with E-state index in [1.165, 1.54) is 11.0 Å². The maximum absolute atomic E-state index is 13.4. The predicted octanol–water partition coefficient (Wildman–Crippen LogP) is 7.14. The van der Waals surface area contributed by atoms with Crippen LogP contribution < -0.4 is 9.64 Å². The second-order valence-electron chi connectivity index (χ2n) is 6.91. The minimum absolute atomic E-state index is 0.117. The fourth-order valence-electron chi connectivity index (χ4n) is 3.04. The van der Waals surface area contributed by atoms with Crippen LogP contribution in [0.1, 0.15) is 29.8 Å². The Kier molecular flexibility index (Phi) is 6.71. The molecule has 0 unspecified atom stereocenters. The minimum Gasteiger partial charge on any atom is -0.449 e. The van der Waals surface area contributed by atoms with Gasteiger partial charge >= 0.3 is 6.16 Å². The van der Waals surface area contributed by atoms with Crippen molar-refractivity contribution in [1.29, 1.82) is 0 Å². The molecule has 0 fully saturated rings. The molecular formula is C22H19Cl2NO4S. The Morgan fingerprint density at radius 2 is 1.83 bits per heavy atom. The number of ether oxygens (including phenoxy) is 1. The SMILES string of the molecule is Cc1cccc(-c2cc(N(C(=O)c3ccc(Cl)cc3Cl)C(C)C)c(OC(=O)O)s2)c1. The van der Waals surface area contributed by atoms with Gasteiger partial charge in [-0.15, -0.1) is 0 Å². The van der Waals surface area contributed by atoms with Crippen LogP contribution in [0.15, 0.2) is 48.5 Å². The van der Waals surface area contributed by atoms with Crippen molar-refractivity contribution in [2.24, 2.45) is 0 Å². The normalized spacial score (nSPS) is 10.9. The topological polar surface area (TPSA) is 66.8 Å². The molecule has 3 rings (SSSR count). The number of aryl methyl sites for hydroxylation is 1. The number of carboxylic acid groups (broad SMARTS) is 1. The zero-order valence-corrected chi connectivity index (χ0v) is 18.8. The average Bonchev–Trinajstić information content (AvgIpc) is 3.04. The number of hydrogen-bond donors (Lipinski definition) is 1. The second kappa shape index (κ2) is 9.08. The van der Waals surface area contributed by atoms with Gasteiger partial charge in [0.2, 0.25) is 5.06 Å². The number of amides is 1. The van der Waals surface area contributed by atoms with E-state index >= 15 is 0 Å². The number of anilines is 1. The highest BCUT2D eigenvalue weighted by atomic mass is 35.5. The molecule has 1 amide bonds. The Hall–Kier alpha value is -2.54. The van der Waals surface area contributed by atoms with E-state index in [1.54, 1.807) is 18.2 Å². The lowest BCUT2D eigenvalue weighted by molar-refractivity contribution is 0.0978. The molecule has 0 aliphatic carbocycles. The van der Waals surface area contributed by atoms with Crippen molar-refractivity contribution in [1.82, 2.24) is 0 Å². The van der Waals surface area contributed by atoms with Crippen LogP contribution in [0.4, 0.5) is 10.5 Å². The number of thiophene rings is 1. The van der Waals surface area contributed by atoms with E-state index in [-0.39, 0.29) is 27.6 Å². The van der Waals surface area contributed by atoms with Crippen molar-refractivity contribution >= 4 is 52.3 Å². The predicted molar refractivity (Wildman–Crippen MR) is 122 cm³/mol. The Balaban J connectivity index is 2.13. The summed E-state index contributed by atoms with van der Waals surface area (Å²) in [6, 6.07) is 13.9. The van der Waals surface area contributed by atoms with Gasteiger partial charge in [-0.05, 0) is 50.6 Å². The number of benzene rings is 2. The quantitative estimate of drug-likeness (QED) is 0.408. The molecule has 156 valence electrons. The van der Waals surface area contributed by atoms with E-state index in [4.69, 9.17) is 27.9 Å². The molecule has 0 saturated carbocycles. The summed E-state index contributed by atoms with van der Waals surface area (Å²) in [5.74, 6) is -0.379. The van der Waals surface area contributed by atoms with Crippen LogP contribution in [-0.2, 0) is 0 Å². The van der Waals surface area contributed by atoms with Gasteiger partial charge in [0, 0.05) is 15.9 Å². The lowest BCUT2D eigenvalue weighted by Gasteiger charge is -2.27. The second-order valence-corrected chi connectivity index (χ2v) is 8.77. The molecule has 0 saturated heterocycles. The molecule has 0 spiro atoms. The van der Waals surface area contributed by atoms with Crippen LogP contribution in [-0.4, -0.2) is 23.2 Å². The summed E-state index contributed by atoms with van der Waals surface area (Å²) in [5, 5.41) is 9.96. The molecule has 0 aliphatic heterocycles. The zero-order valence-electron chi connectivity index (χ0n) is 16.5. The van der Waals surface area contributed by atoms with Crippen LogP contribution in [0.25, 0.3) is 10.4 Å². The van der Waals surface area contributed by atoms with Gasteiger partial charge in [0.05, 0.1) is 16.3 Å². The van der Waals surface area contributed by atoms with Crippen LogP contribution in [0.2, 0.25) is 10.0 Å². The van der Waals surface area contributed by atoms with Crippen molar-refractivity contribution in [2.45, 2.75) is 26.8 Å². The van der Waals surface area contributed by atoms with E-state index in [1.807, 2.05) is 45.0 Å². The fraction of sp³-hybridized carbons (Fsp3) is 0.182. The monoisotopic (exact) mass is 463 g/mol. The first-order chi connectivity index (χ1) is 14.2. The van der Waals surface area contributed by atoms with Gasteiger partial charge in [-0.2, -0.15) is 0 Å². The van der Waals surface area contributed by atoms with E-state index in [0.717, 1.165) is 27.3 Å². The van der Waals surface area contributed by atoms with Gasteiger partial charge in [0.25, 0.3) is 5.91 Å². The number of carbonyl (C=O) groups excluding carboxylic acids is 1. The third-order valence-corrected chi connectivity index (χ3v) is 5.92. The maximum atomic E-state index is 13.4. The molecule has 1 N–H and O–H groups in total. The van der Waals surface area contributed by atoms with Crippen LogP contribution in [0.3, 0.4) is 0 Å². The zero-order chi connectivity index (χ0) is 22.0. The van der Waals surface area contributed by atoms with Crippen LogP contribution in [0, 0.1) is 6.92 Å². The molecule has 1 aromatic heterocycles. The number of halogens is 2. The molecule has 30 heavy (non-hydrogen) atoms. The van der Waals surface area contributed by atoms with Crippen molar-refractivity contribution in [3.63, 3.8) is 0 Å². The Bertz CT molecular complexity index is 1110.